The van der Waals surface area contributed by atoms with Gasteiger partial charge in [-0.1, -0.05) is 6.42 Å². The molecule has 2 heterocycles. The van der Waals surface area contributed by atoms with Gasteiger partial charge in [-0.2, -0.15) is 4.31 Å². The standard InChI is InChI=1S/C22H34F2N4O3S/c1-17-4-3-5-18(2)28(17)15-14-27(11-8-22(29)26-12-9-25-10-13-26)32(30,31)19-6-7-20(23)21(24)16-19/h6-7,16-18,25H,3-5,8-15H2,1-2H3/t17-,18+. The van der Waals surface area contributed by atoms with Crippen LogP contribution in [0.2, 0.25) is 0 Å². The summed E-state index contributed by atoms with van der Waals surface area (Å²) in [5.41, 5.74) is 0. The van der Waals surface area contributed by atoms with Crippen molar-refractivity contribution in [1.29, 1.82) is 0 Å². The number of nitrogens with zero attached hydrogens (tertiary/aromatic N) is 3. The molecule has 2 aliphatic rings. The van der Waals surface area contributed by atoms with Gasteiger partial charge in [-0.05, 0) is 44.9 Å². The Morgan fingerprint density at radius 2 is 1.75 bits per heavy atom. The number of amides is 1. The smallest absolute Gasteiger partial charge is 0.243 e. The number of carbonyl (C=O) groups is 1. The van der Waals surface area contributed by atoms with Crippen LogP contribution in [0.5, 0.6) is 0 Å². The highest BCUT2D eigenvalue weighted by Gasteiger charge is 2.30. The molecule has 2 fully saturated rings. The average molecular weight is 473 g/mol. The van der Waals surface area contributed by atoms with Gasteiger partial charge < -0.3 is 10.2 Å². The normalized spacial score (nSPS) is 23.0. The van der Waals surface area contributed by atoms with Gasteiger partial charge >= 0.3 is 0 Å². The molecule has 0 radical (unpaired) electrons. The Balaban J connectivity index is 1.76. The molecular weight excluding hydrogens is 438 g/mol. The molecule has 2 aliphatic heterocycles. The first-order chi connectivity index (χ1) is 15.2. The largest absolute Gasteiger partial charge is 0.340 e. The number of likely N-dealkylation sites (tertiary alicyclic amines) is 1. The van der Waals surface area contributed by atoms with Gasteiger partial charge in [-0.3, -0.25) is 9.69 Å². The Hall–Kier alpha value is -1.62. The molecule has 0 aromatic heterocycles. The van der Waals surface area contributed by atoms with E-state index in [-0.39, 0.29) is 30.3 Å². The minimum Gasteiger partial charge on any atom is -0.340 e. The third-order valence-electron chi connectivity index (χ3n) is 6.56. The highest BCUT2D eigenvalue weighted by molar-refractivity contribution is 7.89. The van der Waals surface area contributed by atoms with Gasteiger partial charge in [0.15, 0.2) is 11.6 Å². The summed E-state index contributed by atoms with van der Waals surface area (Å²) >= 11 is 0. The predicted molar refractivity (Wildman–Crippen MR) is 119 cm³/mol. The first-order valence-corrected chi connectivity index (χ1v) is 12.8. The zero-order valence-corrected chi connectivity index (χ0v) is 19.7. The molecule has 1 amide bonds. The topological polar surface area (TPSA) is 73.0 Å². The summed E-state index contributed by atoms with van der Waals surface area (Å²) in [4.78, 5) is 16.3. The number of piperazine rings is 1. The number of carbonyl (C=O) groups excluding carboxylic acids is 1. The Morgan fingerprint density at radius 3 is 2.38 bits per heavy atom. The summed E-state index contributed by atoms with van der Waals surface area (Å²) in [7, 11) is -4.09. The van der Waals surface area contributed by atoms with Crippen LogP contribution in [0.1, 0.15) is 39.5 Å². The Morgan fingerprint density at radius 1 is 1.09 bits per heavy atom. The molecule has 180 valence electrons. The van der Waals surface area contributed by atoms with Crippen molar-refractivity contribution < 1.29 is 22.0 Å². The second-order valence-corrected chi connectivity index (χ2v) is 10.7. The Bertz CT molecular complexity index is 883. The summed E-state index contributed by atoms with van der Waals surface area (Å²) in [5, 5.41) is 3.18. The van der Waals surface area contributed by atoms with Crippen molar-refractivity contribution in [3.63, 3.8) is 0 Å². The fourth-order valence-electron chi connectivity index (χ4n) is 4.57. The van der Waals surface area contributed by atoms with Gasteiger partial charge in [0.05, 0.1) is 4.90 Å². The molecular formula is C22H34F2N4O3S. The fourth-order valence-corrected chi connectivity index (χ4v) is 6.02. The van der Waals surface area contributed by atoms with E-state index in [4.69, 9.17) is 0 Å². The monoisotopic (exact) mass is 472 g/mol. The average Bonchev–Trinajstić information content (AvgIpc) is 2.77. The molecule has 32 heavy (non-hydrogen) atoms. The summed E-state index contributed by atoms with van der Waals surface area (Å²) in [6, 6.07) is 3.29. The second kappa shape index (κ2) is 11.0. The number of halogens is 2. The first-order valence-electron chi connectivity index (χ1n) is 11.4. The molecule has 2 saturated heterocycles. The van der Waals surface area contributed by atoms with Gasteiger partial charge in [0.2, 0.25) is 15.9 Å². The van der Waals surface area contributed by atoms with Crippen LogP contribution in [-0.4, -0.2) is 86.3 Å². The quantitative estimate of drug-likeness (QED) is 0.627. The molecule has 7 nitrogen and oxygen atoms in total. The highest BCUT2D eigenvalue weighted by atomic mass is 32.2. The highest BCUT2D eigenvalue weighted by Crippen LogP contribution is 2.24. The van der Waals surface area contributed by atoms with Gasteiger partial charge in [0.25, 0.3) is 0 Å². The summed E-state index contributed by atoms with van der Waals surface area (Å²) < 4.78 is 55.0. The van der Waals surface area contributed by atoms with E-state index in [9.17, 15) is 22.0 Å². The van der Waals surface area contributed by atoms with Crippen molar-refractivity contribution in [3.8, 4) is 0 Å². The molecule has 1 aromatic rings. The van der Waals surface area contributed by atoms with Crippen LogP contribution in [0, 0.1) is 11.6 Å². The number of hydrogen-bond acceptors (Lipinski definition) is 5. The maximum Gasteiger partial charge on any atom is 0.243 e. The molecule has 10 heteroatoms. The number of rotatable bonds is 8. The van der Waals surface area contributed by atoms with E-state index in [1.807, 2.05) is 0 Å². The first kappa shape index (κ1) is 25.0. The van der Waals surface area contributed by atoms with E-state index in [0.29, 0.717) is 50.9 Å². The van der Waals surface area contributed by atoms with Gasteiger partial charge in [0, 0.05) is 64.3 Å². The maximum atomic E-state index is 13.8. The van der Waals surface area contributed by atoms with Gasteiger partial charge in [-0.15, -0.1) is 0 Å². The third-order valence-corrected chi connectivity index (χ3v) is 8.45. The van der Waals surface area contributed by atoms with Crippen LogP contribution in [0.3, 0.4) is 0 Å². The zero-order chi connectivity index (χ0) is 23.3. The fraction of sp³-hybridized carbons (Fsp3) is 0.682. The second-order valence-electron chi connectivity index (χ2n) is 8.73. The van der Waals surface area contributed by atoms with E-state index in [2.05, 4.69) is 24.1 Å². The molecule has 0 spiro atoms. The lowest BCUT2D eigenvalue weighted by Crippen LogP contribution is -2.49. The summed E-state index contributed by atoms with van der Waals surface area (Å²) in [6.07, 6.45) is 3.31. The minimum atomic E-state index is -4.09. The number of hydrogen-bond donors (Lipinski definition) is 1. The van der Waals surface area contributed by atoms with Crippen LogP contribution in [0.4, 0.5) is 8.78 Å². The number of sulfonamides is 1. The lowest BCUT2D eigenvalue weighted by molar-refractivity contribution is -0.131. The zero-order valence-electron chi connectivity index (χ0n) is 18.9. The van der Waals surface area contributed by atoms with E-state index in [0.717, 1.165) is 31.4 Å². The lowest BCUT2D eigenvalue weighted by atomic mass is 9.98. The van der Waals surface area contributed by atoms with Crippen molar-refractivity contribution in [2.45, 2.75) is 56.5 Å². The van der Waals surface area contributed by atoms with Crippen molar-refractivity contribution >= 4 is 15.9 Å². The van der Waals surface area contributed by atoms with Crippen molar-refractivity contribution in [2.75, 3.05) is 45.8 Å². The molecule has 2 atom stereocenters. The van der Waals surface area contributed by atoms with E-state index in [1.54, 1.807) is 4.90 Å². The van der Waals surface area contributed by atoms with Crippen molar-refractivity contribution in [2.24, 2.45) is 0 Å². The summed E-state index contributed by atoms with van der Waals surface area (Å²) in [5.74, 6) is -2.40. The van der Waals surface area contributed by atoms with Crippen molar-refractivity contribution in [1.82, 2.24) is 19.4 Å². The SMILES string of the molecule is C[C@@H]1CCC[C@H](C)N1CCN(CCC(=O)N1CCNCC1)S(=O)(=O)c1ccc(F)c(F)c1. The van der Waals surface area contributed by atoms with Gasteiger partial charge in [-0.25, -0.2) is 17.2 Å². The van der Waals surface area contributed by atoms with E-state index in [1.165, 1.54) is 4.31 Å². The summed E-state index contributed by atoms with van der Waals surface area (Å²) in [6.45, 7) is 7.60. The number of piperidine rings is 1. The van der Waals surface area contributed by atoms with Crippen LogP contribution >= 0.6 is 0 Å². The van der Waals surface area contributed by atoms with E-state index < -0.39 is 21.7 Å². The number of benzene rings is 1. The van der Waals surface area contributed by atoms with Crippen LogP contribution < -0.4 is 5.32 Å². The maximum absolute atomic E-state index is 13.8. The molecule has 1 aromatic carbocycles. The minimum absolute atomic E-state index is 0.000687. The molecule has 0 saturated carbocycles. The van der Waals surface area contributed by atoms with Crippen LogP contribution in [0.15, 0.2) is 23.1 Å². The van der Waals surface area contributed by atoms with Crippen molar-refractivity contribution in [3.05, 3.63) is 29.8 Å². The number of nitrogens with one attached hydrogen (secondary N) is 1. The molecule has 0 unspecified atom stereocenters. The van der Waals surface area contributed by atoms with Crippen LogP contribution in [0.25, 0.3) is 0 Å². The van der Waals surface area contributed by atoms with Crippen LogP contribution in [-0.2, 0) is 14.8 Å². The Kier molecular flexibility index (Phi) is 8.60. The molecule has 3 rings (SSSR count). The molecule has 0 bridgehead atoms. The third kappa shape index (κ3) is 6.03. The lowest BCUT2D eigenvalue weighted by Gasteiger charge is -2.40. The van der Waals surface area contributed by atoms with Gasteiger partial charge in [0.1, 0.15) is 0 Å². The van der Waals surface area contributed by atoms with E-state index >= 15 is 0 Å². The molecule has 1 N–H and O–H groups in total. The molecule has 0 aliphatic carbocycles. The predicted octanol–water partition coefficient (Wildman–Crippen LogP) is 2.04. The Labute approximate surface area is 189 Å².